The van der Waals surface area contributed by atoms with Gasteiger partial charge in [-0.1, -0.05) is 6.92 Å². The molecule has 3 nitrogen and oxygen atoms in total. The Balaban J connectivity index is 2.74. The third-order valence-corrected chi connectivity index (χ3v) is 2.97. The zero-order valence-corrected chi connectivity index (χ0v) is 9.07. The number of carbonyl (C=O) groups is 1. The van der Waals surface area contributed by atoms with Gasteiger partial charge in [-0.15, -0.1) is 0 Å². The molecule has 0 bridgehead atoms. The van der Waals surface area contributed by atoms with Crippen molar-refractivity contribution >= 4 is 5.91 Å². The zero-order valence-electron chi connectivity index (χ0n) is 9.07. The van der Waals surface area contributed by atoms with Crippen molar-refractivity contribution in [3.8, 4) is 0 Å². The summed E-state index contributed by atoms with van der Waals surface area (Å²) in [5, 5.41) is 0. The van der Waals surface area contributed by atoms with Crippen molar-refractivity contribution in [2.75, 3.05) is 14.1 Å². The Kier molecular flexibility index (Phi) is 2.96. The summed E-state index contributed by atoms with van der Waals surface area (Å²) in [5.41, 5.74) is 0. The third-order valence-electron chi connectivity index (χ3n) is 2.97. The Morgan fingerprint density at radius 3 is 2.00 bits per heavy atom. The second kappa shape index (κ2) is 3.66. The highest BCUT2D eigenvalue weighted by atomic mass is 16.5. The maximum atomic E-state index is 11.8. The van der Waals surface area contributed by atoms with Crippen LogP contribution in [0.2, 0.25) is 0 Å². The molecule has 13 heavy (non-hydrogen) atoms. The molecule has 0 radical (unpaired) electrons. The quantitative estimate of drug-likeness (QED) is 0.613. The molecule has 1 amide bonds. The molecule has 0 N–H and O–H groups in total. The Morgan fingerprint density at radius 1 is 1.15 bits per heavy atom. The summed E-state index contributed by atoms with van der Waals surface area (Å²) < 4.78 is 5.61. The van der Waals surface area contributed by atoms with Gasteiger partial charge in [-0.3, -0.25) is 4.79 Å². The number of amides is 1. The molecule has 3 heteroatoms. The second-order valence-electron chi connectivity index (χ2n) is 4.16. The van der Waals surface area contributed by atoms with Crippen LogP contribution in [-0.4, -0.2) is 37.1 Å². The minimum atomic E-state index is 0.0324. The fourth-order valence-corrected chi connectivity index (χ4v) is 1.99. The van der Waals surface area contributed by atoms with Crippen molar-refractivity contribution in [2.45, 2.75) is 33.0 Å². The SMILES string of the molecule is CC1OC(C)C(C(=O)N(C)C)C1C. The van der Waals surface area contributed by atoms with Crippen molar-refractivity contribution < 1.29 is 9.53 Å². The molecule has 4 atom stereocenters. The highest BCUT2D eigenvalue weighted by molar-refractivity contribution is 5.79. The summed E-state index contributed by atoms with van der Waals surface area (Å²) in [6.45, 7) is 6.09. The average molecular weight is 185 g/mol. The largest absolute Gasteiger partial charge is 0.374 e. The molecule has 0 aromatic heterocycles. The fourth-order valence-electron chi connectivity index (χ4n) is 1.99. The van der Waals surface area contributed by atoms with Crippen LogP contribution in [0.3, 0.4) is 0 Å². The Labute approximate surface area is 80.1 Å². The fraction of sp³-hybridized carbons (Fsp3) is 0.900. The van der Waals surface area contributed by atoms with Crippen molar-refractivity contribution in [2.24, 2.45) is 11.8 Å². The van der Waals surface area contributed by atoms with Gasteiger partial charge in [-0.25, -0.2) is 0 Å². The minimum Gasteiger partial charge on any atom is -0.374 e. The van der Waals surface area contributed by atoms with Crippen molar-refractivity contribution in [3.63, 3.8) is 0 Å². The first-order valence-electron chi connectivity index (χ1n) is 4.81. The summed E-state index contributed by atoms with van der Waals surface area (Å²) >= 11 is 0. The molecule has 0 aliphatic carbocycles. The predicted molar refractivity (Wildman–Crippen MR) is 51.4 cm³/mol. The van der Waals surface area contributed by atoms with E-state index in [-0.39, 0.29) is 24.0 Å². The first-order valence-corrected chi connectivity index (χ1v) is 4.81. The van der Waals surface area contributed by atoms with Crippen molar-refractivity contribution in [1.29, 1.82) is 0 Å². The van der Waals surface area contributed by atoms with Crippen LogP contribution in [0.25, 0.3) is 0 Å². The zero-order chi connectivity index (χ0) is 10.2. The molecule has 0 spiro atoms. The van der Waals surface area contributed by atoms with Crippen LogP contribution in [0.5, 0.6) is 0 Å². The molecular formula is C10H19NO2. The lowest BCUT2D eigenvalue weighted by Gasteiger charge is -2.21. The molecule has 1 aliphatic heterocycles. The number of rotatable bonds is 1. The molecule has 4 unspecified atom stereocenters. The second-order valence-corrected chi connectivity index (χ2v) is 4.16. The lowest BCUT2D eigenvalue weighted by atomic mass is 9.88. The van der Waals surface area contributed by atoms with Crippen molar-refractivity contribution in [1.82, 2.24) is 4.90 Å². The molecule has 0 saturated carbocycles. The van der Waals surface area contributed by atoms with Gasteiger partial charge in [0, 0.05) is 14.1 Å². The molecule has 0 aromatic rings. The van der Waals surface area contributed by atoms with Crippen LogP contribution in [0.15, 0.2) is 0 Å². The van der Waals surface area contributed by atoms with Crippen molar-refractivity contribution in [3.05, 3.63) is 0 Å². The molecule has 0 aromatic carbocycles. The molecular weight excluding hydrogens is 166 g/mol. The van der Waals surface area contributed by atoms with E-state index in [2.05, 4.69) is 6.92 Å². The van der Waals surface area contributed by atoms with E-state index in [1.54, 1.807) is 19.0 Å². The summed E-state index contributed by atoms with van der Waals surface area (Å²) in [5.74, 6) is 0.541. The van der Waals surface area contributed by atoms with Crippen LogP contribution in [0, 0.1) is 11.8 Å². The van der Waals surface area contributed by atoms with E-state index in [0.717, 1.165) is 0 Å². The normalized spacial score (nSPS) is 39.2. The van der Waals surface area contributed by atoms with Gasteiger partial charge in [0.25, 0.3) is 0 Å². The summed E-state index contributed by atoms with van der Waals surface area (Å²) in [4.78, 5) is 13.4. The average Bonchev–Trinajstić information content (AvgIpc) is 2.26. The van der Waals surface area contributed by atoms with E-state index in [1.165, 1.54) is 0 Å². The first-order chi connectivity index (χ1) is 5.95. The van der Waals surface area contributed by atoms with E-state index in [1.807, 2.05) is 13.8 Å². The minimum absolute atomic E-state index is 0.0324. The van der Waals surface area contributed by atoms with E-state index in [0.29, 0.717) is 5.92 Å². The number of carbonyl (C=O) groups excluding carboxylic acids is 1. The molecule has 1 fully saturated rings. The van der Waals surface area contributed by atoms with Gasteiger partial charge in [-0.05, 0) is 19.8 Å². The summed E-state index contributed by atoms with van der Waals surface area (Å²) in [7, 11) is 3.59. The van der Waals surface area contributed by atoms with Crippen LogP contribution < -0.4 is 0 Å². The molecule has 1 saturated heterocycles. The summed E-state index contributed by atoms with van der Waals surface area (Å²) in [6.07, 6.45) is 0.254. The van der Waals surface area contributed by atoms with Gasteiger partial charge in [0.2, 0.25) is 5.91 Å². The maximum absolute atomic E-state index is 11.8. The van der Waals surface area contributed by atoms with E-state index in [4.69, 9.17) is 4.74 Å². The smallest absolute Gasteiger partial charge is 0.228 e. The Bertz CT molecular complexity index is 203. The Morgan fingerprint density at radius 2 is 1.69 bits per heavy atom. The van der Waals surface area contributed by atoms with Gasteiger partial charge in [-0.2, -0.15) is 0 Å². The van der Waals surface area contributed by atoms with Crippen LogP contribution >= 0.6 is 0 Å². The number of nitrogens with zero attached hydrogens (tertiary/aromatic N) is 1. The van der Waals surface area contributed by atoms with Crippen LogP contribution in [-0.2, 0) is 9.53 Å². The molecule has 1 heterocycles. The third kappa shape index (κ3) is 1.85. The topological polar surface area (TPSA) is 29.5 Å². The van der Waals surface area contributed by atoms with Gasteiger partial charge >= 0.3 is 0 Å². The Hall–Kier alpha value is -0.570. The standard InChI is InChI=1S/C10H19NO2/c1-6-7(2)13-8(3)9(6)10(12)11(4)5/h6-9H,1-5H3. The number of ether oxygens (including phenoxy) is 1. The first kappa shape index (κ1) is 10.5. The van der Waals surface area contributed by atoms with E-state index < -0.39 is 0 Å². The lowest BCUT2D eigenvalue weighted by molar-refractivity contribution is -0.135. The van der Waals surface area contributed by atoms with E-state index >= 15 is 0 Å². The van der Waals surface area contributed by atoms with Crippen LogP contribution in [0.1, 0.15) is 20.8 Å². The summed E-state index contributed by atoms with van der Waals surface area (Å²) in [6, 6.07) is 0. The van der Waals surface area contributed by atoms with Crippen LogP contribution in [0.4, 0.5) is 0 Å². The monoisotopic (exact) mass is 185 g/mol. The number of hydrogen-bond donors (Lipinski definition) is 0. The van der Waals surface area contributed by atoms with E-state index in [9.17, 15) is 4.79 Å². The predicted octanol–water partition coefficient (Wildman–Crippen LogP) is 1.13. The molecule has 1 aliphatic rings. The highest BCUT2D eigenvalue weighted by Gasteiger charge is 2.41. The number of hydrogen-bond acceptors (Lipinski definition) is 2. The highest BCUT2D eigenvalue weighted by Crippen LogP contribution is 2.32. The van der Waals surface area contributed by atoms with Gasteiger partial charge in [0.15, 0.2) is 0 Å². The molecule has 76 valence electrons. The van der Waals surface area contributed by atoms with Gasteiger partial charge in [0.05, 0.1) is 18.1 Å². The molecule has 1 rings (SSSR count). The van der Waals surface area contributed by atoms with Gasteiger partial charge in [0.1, 0.15) is 0 Å². The lowest BCUT2D eigenvalue weighted by Crippen LogP contribution is -2.36. The maximum Gasteiger partial charge on any atom is 0.228 e. The van der Waals surface area contributed by atoms with Gasteiger partial charge < -0.3 is 9.64 Å².